The van der Waals surface area contributed by atoms with Crippen LogP contribution in [0.1, 0.15) is 12.5 Å². The summed E-state index contributed by atoms with van der Waals surface area (Å²) in [4.78, 5) is 5.16. The number of thiocarbonyl (C=S) groups is 1. The summed E-state index contributed by atoms with van der Waals surface area (Å²) in [6, 6.07) is 4.04. The summed E-state index contributed by atoms with van der Waals surface area (Å²) in [5.74, 6) is 0.386. The number of aromatic nitrogens is 1. The minimum atomic E-state index is 0.386. The molecule has 1 heterocycles. The molecule has 0 N–H and O–H groups in total. The van der Waals surface area contributed by atoms with Crippen LogP contribution in [0, 0.1) is 5.92 Å². The van der Waals surface area contributed by atoms with Crippen molar-refractivity contribution < 1.29 is 0 Å². The van der Waals surface area contributed by atoms with Gasteiger partial charge in [-0.15, -0.1) is 0 Å². The molecule has 0 aliphatic heterocycles. The van der Waals surface area contributed by atoms with Crippen molar-refractivity contribution in [1.29, 1.82) is 0 Å². The Morgan fingerprint density at radius 3 is 3.07 bits per heavy atom. The van der Waals surface area contributed by atoms with Crippen LogP contribution in [0.15, 0.2) is 48.3 Å². The molecule has 1 nitrogen and oxygen atoms in total. The Morgan fingerprint density at radius 2 is 2.33 bits per heavy atom. The van der Waals surface area contributed by atoms with E-state index in [0.717, 1.165) is 11.3 Å². The molecule has 1 unspecified atom stereocenters. The SMILES string of the molecule is CC1C=CC=C(Cc2cccnc2)C1=S. The molecule has 2 rings (SSSR count). The molecular weight excluding hydrogens is 202 g/mol. The van der Waals surface area contributed by atoms with Crippen molar-refractivity contribution in [3.8, 4) is 0 Å². The monoisotopic (exact) mass is 215 g/mol. The molecule has 0 amide bonds. The van der Waals surface area contributed by atoms with Gasteiger partial charge in [0, 0.05) is 29.6 Å². The third-order valence-electron chi connectivity index (χ3n) is 2.54. The summed E-state index contributed by atoms with van der Waals surface area (Å²) >= 11 is 5.41. The van der Waals surface area contributed by atoms with Crippen LogP contribution in [0.2, 0.25) is 0 Å². The van der Waals surface area contributed by atoms with Crippen LogP contribution >= 0.6 is 12.2 Å². The predicted molar refractivity (Wildman–Crippen MR) is 66.9 cm³/mol. The van der Waals surface area contributed by atoms with Crippen LogP contribution in [0.25, 0.3) is 0 Å². The van der Waals surface area contributed by atoms with E-state index in [4.69, 9.17) is 12.2 Å². The smallest absolute Gasteiger partial charge is 0.0303 e. The van der Waals surface area contributed by atoms with E-state index in [1.54, 1.807) is 6.20 Å². The lowest BCUT2D eigenvalue weighted by molar-refractivity contribution is 0.991. The summed E-state index contributed by atoms with van der Waals surface area (Å²) < 4.78 is 0. The van der Waals surface area contributed by atoms with Crippen molar-refractivity contribution in [3.63, 3.8) is 0 Å². The van der Waals surface area contributed by atoms with E-state index in [1.165, 1.54) is 11.1 Å². The Bertz CT molecular complexity index is 417. The third-order valence-corrected chi connectivity index (χ3v) is 3.18. The van der Waals surface area contributed by atoms with E-state index in [2.05, 4.69) is 36.2 Å². The van der Waals surface area contributed by atoms with Crippen molar-refractivity contribution in [1.82, 2.24) is 4.98 Å². The first-order valence-electron chi connectivity index (χ1n) is 5.08. The molecular formula is C13H13NS. The molecule has 15 heavy (non-hydrogen) atoms. The van der Waals surface area contributed by atoms with Gasteiger partial charge in [0.2, 0.25) is 0 Å². The van der Waals surface area contributed by atoms with Gasteiger partial charge in [-0.3, -0.25) is 4.98 Å². The van der Waals surface area contributed by atoms with Crippen LogP contribution in [0.4, 0.5) is 0 Å². The normalized spacial score (nSPS) is 20.2. The van der Waals surface area contributed by atoms with E-state index in [-0.39, 0.29) is 0 Å². The number of hydrogen-bond acceptors (Lipinski definition) is 2. The maximum atomic E-state index is 5.41. The van der Waals surface area contributed by atoms with Crippen molar-refractivity contribution in [2.24, 2.45) is 5.92 Å². The van der Waals surface area contributed by atoms with E-state index in [9.17, 15) is 0 Å². The van der Waals surface area contributed by atoms with E-state index < -0.39 is 0 Å². The summed E-state index contributed by atoms with van der Waals surface area (Å²) in [5, 5.41) is 0. The molecule has 76 valence electrons. The molecule has 1 aromatic heterocycles. The molecule has 0 fully saturated rings. The van der Waals surface area contributed by atoms with Crippen molar-refractivity contribution in [3.05, 3.63) is 53.9 Å². The Balaban J connectivity index is 2.16. The molecule has 1 aromatic rings. The van der Waals surface area contributed by atoms with Gasteiger partial charge >= 0.3 is 0 Å². The largest absolute Gasteiger partial charge is 0.264 e. The standard InChI is InChI=1S/C13H13NS/c1-10-4-2-6-12(13(10)15)8-11-5-3-7-14-9-11/h2-7,9-10H,8H2,1H3. The van der Waals surface area contributed by atoms with E-state index in [1.807, 2.05) is 12.3 Å². The molecule has 1 atom stereocenters. The zero-order chi connectivity index (χ0) is 10.7. The van der Waals surface area contributed by atoms with Crippen molar-refractivity contribution in [2.45, 2.75) is 13.3 Å². The topological polar surface area (TPSA) is 12.9 Å². The number of allylic oxidation sites excluding steroid dienone is 4. The molecule has 0 saturated carbocycles. The van der Waals surface area contributed by atoms with Gasteiger partial charge in [0.05, 0.1) is 0 Å². The highest BCUT2D eigenvalue weighted by molar-refractivity contribution is 7.80. The van der Waals surface area contributed by atoms with Crippen molar-refractivity contribution in [2.75, 3.05) is 0 Å². The number of pyridine rings is 1. The highest BCUT2D eigenvalue weighted by Crippen LogP contribution is 2.19. The maximum Gasteiger partial charge on any atom is 0.0303 e. The lowest BCUT2D eigenvalue weighted by Crippen LogP contribution is -2.13. The lowest BCUT2D eigenvalue weighted by Gasteiger charge is -2.16. The first kappa shape index (κ1) is 10.2. The Labute approximate surface area is 95.5 Å². The molecule has 0 spiro atoms. The fourth-order valence-corrected chi connectivity index (χ4v) is 1.89. The summed E-state index contributed by atoms with van der Waals surface area (Å²) in [6.45, 7) is 2.13. The van der Waals surface area contributed by atoms with Crippen LogP contribution in [0.3, 0.4) is 0 Å². The van der Waals surface area contributed by atoms with Crippen LogP contribution < -0.4 is 0 Å². The van der Waals surface area contributed by atoms with Gasteiger partial charge in [0.15, 0.2) is 0 Å². The minimum absolute atomic E-state index is 0.386. The van der Waals surface area contributed by atoms with Gasteiger partial charge in [-0.1, -0.05) is 43.4 Å². The first-order chi connectivity index (χ1) is 7.27. The van der Waals surface area contributed by atoms with Gasteiger partial charge in [-0.25, -0.2) is 0 Å². The fourth-order valence-electron chi connectivity index (χ4n) is 1.67. The average Bonchev–Trinajstić information content (AvgIpc) is 2.26. The van der Waals surface area contributed by atoms with Crippen molar-refractivity contribution >= 4 is 17.1 Å². The molecule has 1 aliphatic carbocycles. The molecule has 0 aromatic carbocycles. The highest BCUT2D eigenvalue weighted by Gasteiger charge is 2.13. The van der Waals surface area contributed by atoms with E-state index in [0.29, 0.717) is 5.92 Å². The van der Waals surface area contributed by atoms with Gasteiger partial charge in [-0.05, 0) is 17.2 Å². The Kier molecular flexibility index (Phi) is 3.07. The number of nitrogens with zero attached hydrogens (tertiary/aromatic N) is 1. The van der Waals surface area contributed by atoms with Crippen LogP contribution in [-0.2, 0) is 6.42 Å². The number of rotatable bonds is 2. The van der Waals surface area contributed by atoms with Crippen LogP contribution in [0.5, 0.6) is 0 Å². The fraction of sp³-hybridized carbons (Fsp3) is 0.231. The molecule has 2 heteroatoms. The third kappa shape index (κ3) is 2.39. The molecule has 1 aliphatic rings. The second kappa shape index (κ2) is 4.49. The zero-order valence-electron chi connectivity index (χ0n) is 8.68. The summed E-state index contributed by atoms with van der Waals surface area (Å²) in [6.07, 6.45) is 10.9. The van der Waals surface area contributed by atoms with Gasteiger partial charge < -0.3 is 0 Å². The van der Waals surface area contributed by atoms with Gasteiger partial charge in [-0.2, -0.15) is 0 Å². The quantitative estimate of drug-likeness (QED) is 0.703. The minimum Gasteiger partial charge on any atom is -0.264 e. The Morgan fingerprint density at radius 1 is 1.47 bits per heavy atom. The van der Waals surface area contributed by atoms with Crippen LogP contribution in [-0.4, -0.2) is 9.85 Å². The molecule has 0 radical (unpaired) electrons. The van der Waals surface area contributed by atoms with Gasteiger partial charge in [0.1, 0.15) is 0 Å². The molecule has 0 bridgehead atoms. The second-order valence-corrected chi connectivity index (χ2v) is 4.21. The summed E-state index contributed by atoms with van der Waals surface area (Å²) in [5.41, 5.74) is 2.46. The zero-order valence-corrected chi connectivity index (χ0v) is 9.50. The second-order valence-electron chi connectivity index (χ2n) is 3.77. The Hall–Kier alpha value is -1.28. The summed E-state index contributed by atoms with van der Waals surface area (Å²) in [7, 11) is 0. The maximum absolute atomic E-state index is 5.41. The van der Waals surface area contributed by atoms with Gasteiger partial charge in [0.25, 0.3) is 0 Å². The highest BCUT2D eigenvalue weighted by atomic mass is 32.1. The lowest BCUT2D eigenvalue weighted by atomic mass is 9.92. The predicted octanol–water partition coefficient (Wildman–Crippen LogP) is 3.13. The average molecular weight is 215 g/mol. The number of hydrogen-bond donors (Lipinski definition) is 0. The molecule has 0 saturated heterocycles. The first-order valence-corrected chi connectivity index (χ1v) is 5.48. The van der Waals surface area contributed by atoms with E-state index >= 15 is 0 Å².